The summed E-state index contributed by atoms with van der Waals surface area (Å²) >= 11 is 0. The van der Waals surface area contributed by atoms with Gasteiger partial charge in [-0.1, -0.05) is 31.2 Å². The summed E-state index contributed by atoms with van der Waals surface area (Å²) in [5.74, 6) is 2.25. The molecule has 0 amide bonds. The van der Waals surface area contributed by atoms with Crippen LogP contribution in [0.15, 0.2) is 48.8 Å². The lowest BCUT2D eigenvalue weighted by Crippen LogP contribution is -2.27. The second kappa shape index (κ2) is 10.00. The number of rotatable bonds is 9. The molecule has 1 fully saturated rings. The maximum absolute atomic E-state index is 13.0. The van der Waals surface area contributed by atoms with Crippen LogP contribution >= 0.6 is 0 Å². The third-order valence-electron chi connectivity index (χ3n) is 6.05. The van der Waals surface area contributed by atoms with E-state index in [1.165, 1.54) is 12.8 Å². The molecule has 3 heterocycles. The van der Waals surface area contributed by atoms with Crippen LogP contribution in [0, 0.1) is 5.92 Å². The summed E-state index contributed by atoms with van der Waals surface area (Å²) < 4.78 is 38.9. The molecule has 4 aromatic rings. The van der Waals surface area contributed by atoms with Gasteiger partial charge in [0.25, 0.3) is 0 Å². The van der Waals surface area contributed by atoms with Gasteiger partial charge in [0.2, 0.25) is 5.82 Å². The number of nitrogens with one attached hydrogen (secondary N) is 1. The summed E-state index contributed by atoms with van der Waals surface area (Å²) in [6.07, 6.45) is 0.849. The monoisotopic (exact) mass is 494 g/mol. The molecule has 0 saturated heterocycles. The van der Waals surface area contributed by atoms with E-state index in [9.17, 15) is 13.2 Å². The van der Waals surface area contributed by atoms with E-state index in [4.69, 9.17) is 4.98 Å². The van der Waals surface area contributed by atoms with Crippen molar-refractivity contribution < 1.29 is 13.2 Å². The largest absolute Gasteiger partial charge is 0.419 e. The van der Waals surface area contributed by atoms with Gasteiger partial charge >= 0.3 is 6.18 Å². The number of hydrogen-bond donors (Lipinski definition) is 1. The fourth-order valence-electron chi connectivity index (χ4n) is 4.11. The molecular weight excluding hydrogens is 469 g/mol. The second-order valence-electron chi connectivity index (χ2n) is 8.95. The van der Waals surface area contributed by atoms with Crippen molar-refractivity contribution in [3.05, 3.63) is 65.7 Å². The molecule has 36 heavy (non-hydrogen) atoms. The third kappa shape index (κ3) is 5.50. The van der Waals surface area contributed by atoms with E-state index in [1.807, 2.05) is 36.4 Å². The van der Waals surface area contributed by atoms with Crippen LogP contribution in [0.3, 0.4) is 0 Å². The van der Waals surface area contributed by atoms with Gasteiger partial charge in [0.05, 0.1) is 11.3 Å². The second-order valence-corrected chi connectivity index (χ2v) is 8.95. The smallest absolute Gasteiger partial charge is 0.356 e. The van der Waals surface area contributed by atoms with Crippen LogP contribution in [0.4, 0.5) is 19.0 Å². The highest BCUT2D eigenvalue weighted by molar-refractivity contribution is 5.79. The quantitative estimate of drug-likeness (QED) is 0.352. The molecule has 1 aromatic carbocycles. The lowest BCUT2D eigenvalue weighted by atomic mass is 10.0. The van der Waals surface area contributed by atoms with Crippen molar-refractivity contribution >= 4 is 5.82 Å². The minimum Gasteiger partial charge on any atom is -0.356 e. The van der Waals surface area contributed by atoms with Crippen molar-refractivity contribution in [2.45, 2.75) is 38.8 Å². The highest BCUT2D eigenvalue weighted by Crippen LogP contribution is 2.34. The Kier molecular flexibility index (Phi) is 6.62. The predicted molar refractivity (Wildman–Crippen MR) is 128 cm³/mol. The van der Waals surface area contributed by atoms with Crippen LogP contribution < -0.4 is 4.90 Å². The number of anilines is 1. The number of pyridine rings is 1. The fraction of sp³-hybridized carbons (Fsp3) is 0.360. The summed E-state index contributed by atoms with van der Waals surface area (Å²) in [7, 11) is 0. The Bertz CT molecular complexity index is 1300. The molecule has 1 aliphatic rings. The minimum atomic E-state index is -4.47. The van der Waals surface area contributed by atoms with Crippen LogP contribution in [0.2, 0.25) is 0 Å². The molecule has 1 saturated carbocycles. The van der Waals surface area contributed by atoms with Crippen molar-refractivity contribution in [2.75, 3.05) is 18.0 Å². The molecule has 3 aromatic heterocycles. The van der Waals surface area contributed by atoms with E-state index < -0.39 is 11.7 Å². The molecule has 0 spiro atoms. The lowest BCUT2D eigenvalue weighted by Gasteiger charge is -2.24. The van der Waals surface area contributed by atoms with Crippen molar-refractivity contribution in [1.82, 2.24) is 35.6 Å². The zero-order valence-electron chi connectivity index (χ0n) is 19.7. The van der Waals surface area contributed by atoms with Crippen molar-refractivity contribution in [1.29, 1.82) is 0 Å². The molecule has 186 valence electrons. The molecular formula is C25H25F3N8. The number of halogens is 3. The first kappa shape index (κ1) is 23.8. The zero-order chi connectivity index (χ0) is 25.1. The molecule has 8 nitrogen and oxygen atoms in total. The highest BCUT2D eigenvalue weighted by atomic mass is 19.4. The Morgan fingerprint density at radius 2 is 1.81 bits per heavy atom. The molecule has 0 aliphatic heterocycles. The first-order chi connectivity index (χ1) is 17.4. The van der Waals surface area contributed by atoms with Gasteiger partial charge in [-0.2, -0.15) is 18.4 Å². The number of benzene rings is 1. The summed E-state index contributed by atoms with van der Waals surface area (Å²) in [5, 5.41) is 14.4. The topological polar surface area (TPSA) is 96.4 Å². The van der Waals surface area contributed by atoms with E-state index in [0.717, 1.165) is 54.4 Å². The SMILES string of the molecule is CCCN(CC1CC1)c1cc(Cc2ncc(C(F)(F)F)cn2)cc(-c2ccccc2-c2nn[nH]n2)n1. The molecule has 5 rings (SSSR count). The standard InChI is InChI=1S/C25H25F3N8/c1-2-9-36(15-16-7-8-16)23-12-17(11-22-29-13-18(14-30-22)25(26,27)28)10-21(31-23)19-5-3-4-6-20(19)24-32-34-35-33-24/h3-6,10,12-14,16H,2,7-9,11,15H2,1H3,(H,32,33,34,35). The molecule has 0 unspecified atom stereocenters. The minimum absolute atomic E-state index is 0.272. The Hall–Kier alpha value is -3.89. The van der Waals surface area contributed by atoms with Gasteiger partial charge in [-0.3, -0.25) is 0 Å². The first-order valence-corrected chi connectivity index (χ1v) is 11.9. The first-order valence-electron chi connectivity index (χ1n) is 11.9. The molecule has 0 bridgehead atoms. The molecule has 0 atom stereocenters. The lowest BCUT2D eigenvalue weighted by molar-refractivity contribution is -0.138. The van der Waals surface area contributed by atoms with Gasteiger partial charge < -0.3 is 4.90 Å². The van der Waals surface area contributed by atoms with E-state index in [2.05, 4.69) is 42.4 Å². The summed E-state index contributed by atoms with van der Waals surface area (Å²) in [6.45, 7) is 3.91. The van der Waals surface area contributed by atoms with Crippen LogP contribution in [0.1, 0.15) is 43.1 Å². The third-order valence-corrected chi connectivity index (χ3v) is 6.05. The average Bonchev–Trinajstić information content (AvgIpc) is 3.52. The maximum atomic E-state index is 13.0. The summed E-state index contributed by atoms with van der Waals surface area (Å²) in [4.78, 5) is 15.2. The number of aromatic nitrogens is 7. The molecule has 11 heteroatoms. The van der Waals surface area contributed by atoms with E-state index in [1.54, 1.807) is 0 Å². The summed E-state index contributed by atoms with van der Waals surface area (Å²) in [6, 6.07) is 11.6. The number of H-pyrrole nitrogens is 1. The van der Waals surface area contributed by atoms with Gasteiger partial charge in [0.15, 0.2) is 0 Å². The number of aromatic amines is 1. The number of tetrazole rings is 1. The fourth-order valence-corrected chi connectivity index (χ4v) is 4.11. The Labute approximate surface area is 206 Å². The maximum Gasteiger partial charge on any atom is 0.419 e. The molecule has 1 N–H and O–H groups in total. The average molecular weight is 495 g/mol. The van der Waals surface area contributed by atoms with Crippen molar-refractivity contribution in [2.24, 2.45) is 5.92 Å². The van der Waals surface area contributed by atoms with Gasteiger partial charge in [-0.15, -0.1) is 10.2 Å². The summed E-state index contributed by atoms with van der Waals surface area (Å²) in [5.41, 5.74) is 2.31. The van der Waals surface area contributed by atoms with Crippen LogP contribution in [0.25, 0.3) is 22.6 Å². The Balaban J connectivity index is 1.55. The van der Waals surface area contributed by atoms with Gasteiger partial charge in [-0.05, 0) is 48.1 Å². The van der Waals surface area contributed by atoms with E-state index >= 15 is 0 Å². The van der Waals surface area contributed by atoms with Gasteiger partial charge in [-0.25, -0.2) is 15.0 Å². The zero-order valence-corrected chi connectivity index (χ0v) is 19.7. The Morgan fingerprint density at radius 3 is 2.44 bits per heavy atom. The number of hydrogen-bond acceptors (Lipinski definition) is 7. The number of alkyl halides is 3. The molecule has 0 radical (unpaired) electrons. The van der Waals surface area contributed by atoms with Crippen molar-refractivity contribution in [3.8, 4) is 22.6 Å². The van der Waals surface area contributed by atoms with Crippen LogP contribution in [-0.2, 0) is 12.6 Å². The normalized spacial score (nSPS) is 13.7. The predicted octanol–water partition coefficient (Wildman–Crippen LogP) is 4.95. The van der Waals surface area contributed by atoms with E-state index in [-0.39, 0.29) is 6.42 Å². The van der Waals surface area contributed by atoms with Gasteiger partial charge in [0.1, 0.15) is 11.6 Å². The Morgan fingerprint density at radius 1 is 1.06 bits per heavy atom. The van der Waals surface area contributed by atoms with Crippen LogP contribution in [-0.4, -0.2) is 48.7 Å². The van der Waals surface area contributed by atoms with Gasteiger partial charge in [0, 0.05) is 43.0 Å². The van der Waals surface area contributed by atoms with Crippen LogP contribution in [0.5, 0.6) is 0 Å². The highest BCUT2D eigenvalue weighted by Gasteiger charge is 2.31. The number of nitrogens with zero attached hydrogens (tertiary/aromatic N) is 7. The van der Waals surface area contributed by atoms with E-state index in [0.29, 0.717) is 23.3 Å². The molecule has 1 aliphatic carbocycles. The van der Waals surface area contributed by atoms with Crippen molar-refractivity contribution in [3.63, 3.8) is 0 Å².